The van der Waals surface area contributed by atoms with E-state index in [9.17, 15) is 0 Å². The molecule has 1 heterocycles. The second-order valence-corrected chi connectivity index (χ2v) is 3.71. The van der Waals surface area contributed by atoms with E-state index in [1.807, 2.05) is 30.3 Å². The average molecular weight is 211 g/mol. The maximum atomic E-state index is 5.75. The van der Waals surface area contributed by atoms with Crippen LogP contribution in [0.2, 0.25) is 5.15 Å². The van der Waals surface area contributed by atoms with Crippen molar-refractivity contribution in [3.05, 3.63) is 35.5 Å². The van der Waals surface area contributed by atoms with E-state index in [2.05, 4.69) is 4.37 Å². The van der Waals surface area contributed by atoms with Crippen molar-refractivity contribution >= 4 is 28.8 Å². The van der Waals surface area contributed by atoms with Gasteiger partial charge in [-0.05, 0) is 17.1 Å². The lowest BCUT2D eigenvalue weighted by Gasteiger charge is -1.96. The third-order valence-electron chi connectivity index (χ3n) is 1.72. The number of rotatable bonds is 1. The SMILES string of the molecule is Nc1c(Cl)nsc1-c1ccccc1. The van der Waals surface area contributed by atoms with E-state index in [1.165, 1.54) is 11.5 Å². The molecule has 0 radical (unpaired) electrons. The number of hydrogen-bond donors (Lipinski definition) is 1. The Kier molecular flexibility index (Phi) is 2.20. The lowest BCUT2D eigenvalue weighted by Crippen LogP contribution is -1.84. The molecule has 66 valence electrons. The first kappa shape index (κ1) is 8.53. The van der Waals surface area contributed by atoms with Gasteiger partial charge in [0.2, 0.25) is 0 Å². The molecule has 0 atom stereocenters. The standard InChI is InChI=1S/C9H7ClN2S/c10-9-7(11)8(13-12-9)6-4-2-1-3-5-6/h1-5H,11H2. The van der Waals surface area contributed by atoms with Crippen molar-refractivity contribution in [1.29, 1.82) is 0 Å². The van der Waals surface area contributed by atoms with E-state index in [0.29, 0.717) is 10.8 Å². The molecule has 2 rings (SSSR count). The van der Waals surface area contributed by atoms with E-state index in [-0.39, 0.29) is 0 Å². The Balaban J connectivity index is 2.53. The Morgan fingerprint density at radius 2 is 1.92 bits per heavy atom. The van der Waals surface area contributed by atoms with Crippen molar-refractivity contribution in [2.75, 3.05) is 5.73 Å². The van der Waals surface area contributed by atoms with Gasteiger partial charge in [0.05, 0.1) is 10.6 Å². The fraction of sp³-hybridized carbons (Fsp3) is 0. The van der Waals surface area contributed by atoms with Crippen molar-refractivity contribution in [3.63, 3.8) is 0 Å². The highest BCUT2D eigenvalue weighted by Gasteiger charge is 2.09. The Labute approximate surface area is 85.1 Å². The molecular formula is C9H7ClN2S. The number of benzene rings is 1. The Morgan fingerprint density at radius 1 is 1.23 bits per heavy atom. The van der Waals surface area contributed by atoms with Crippen LogP contribution in [0.4, 0.5) is 5.69 Å². The summed E-state index contributed by atoms with van der Waals surface area (Å²) in [5, 5.41) is 0.392. The number of halogens is 1. The largest absolute Gasteiger partial charge is 0.395 e. The summed E-state index contributed by atoms with van der Waals surface area (Å²) in [4.78, 5) is 0.936. The van der Waals surface area contributed by atoms with Gasteiger partial charge in [0.15, 0.2) is 5.15 Å². The van der Waals surface area contributed by atoms with Crippen LogP contribution in [0, 0.1) is 0 Å². The lowest BCUT2D eigenvalue weighted by molar-refractivity contribution is 1.57. The van der Waals surface area contributed by atoms with Crippen molar-refractivity contribution < 1.29 is 0 Å². The van der Waals surface area contributed by atoms with Gasteiger partial charge in [-0.2, -0.15) is 4.37 Å². The minimum atomic E-state index is 0.392. The summed E-state index contributed by atoms with van der Waals surface area (Å²) in [5.74, 6) is 0. The number of hydrogen-bond acceptors (Lipinski definition) is 3. The predicted octanol–water partition coefficient (Wildman–Crippen LogP) is 3.05. The Morgan fingerprint density at radius 3 is 2.46 bits per heavy atom. The first-order valence-corrected chi connectivity index (χ1v) is 4.90. The molecule has 1 aromatic carbocycles. The quantitative estimate of drug-likeness (QED) is 0.786. The maximum absolute atomic E-state index is 5.75. The van der Waals surface area contributed by atoms with Crippen molar-refractivity contribution in [2.24, 2.45) is 0 Å². The summed E-state index contributed by atoms with van der Waals surface area (Å²) in [6, 6.07) is 9.85. The van der Waals surface area contributed by atoms with Crippen molar-refractivity contribution in [3.8, 4) is 10.4 Å². The van der Waals surface area contributed by atoms with Crippen molar-refractivity contribution in [1.82, 2.24) is 4.37 Å². The van der Waals surface area contributed by atoms with Crippen LogP contribution < -0.4 is 5.73 Å². The summed E-state index contributed by atoms with van der Waals surface area (Å²) < 4.78 is 3.97. The molecule has 0 aliphatic heterocycles. The molecule has 0 fully saturated rings. The van der Waals surface area contributed by atoms with Gasteiger partial charge in [-0.1, -0.05) is 41.9 Å². The molecule has 0 aliphatic carbocycles. The molecular weight excluding hydrogens is 204 g/mol. The van der Waals surface area contributed by atoms with E-state index in [4.69, 9.17) is 17.3 Å². The molecule has 0 unspecified atom stereocenters. The zero-order valence-electron chi connectivity index (χ0n) is 6.70. The van der Waals surface area contributed by atoms with Gasteiger partial charge in [-0.15, -0.1) is 0 Å². The first-order valence-electron chi connectivity index (χ1n) is 3.75. The van der Waals surface area contributed by atoms with Crippen LogP contribution in [-0.4, -0.2) is 4.37 Å². The van der Waals surface area contributed by atoms with Crippen LogP contribution in [0.15, 0.2) is 30.3 Å². The van der Waals surface area contributed by atoms with Gasteiger partial charge in [0.25, 0.3) is 0 Å². The van der Waals surface area contributed by atoms with Crippen LogP contribution in [0.1, 0.15) is 0 Å². The summed E-state index contributed by atoms with van der Waals surface area (Å²) in [7, 11) is 0. The second kappa shape index (κ2) is 3.36. The second-order valence-electron chi connectivity index (χ2n) is 2.58. The van der Waals surface area contributed by atoms with E-state index < -0.39 is 0 Å². The Bertz CT molecular complexity index is 411. The maximum Gasteiger partial charge on any atom is 0.166 e. The van der Waals surface area contributed by atoms with Gasteiger partial charge in [-0.25, -0.2) is 0 Å². The molecule has 0 saturated heterocycles. The molecule has 2 nitrogen and oxygen atoms in total. The smallest absolute Gasteiger partial charge is 0.166 e. The van der Waals surface area contributed by atoms with Gasteiger partial charge >= 0.3 is 0 Å². The van der Waals surface area contributed by atoms with Crippen molar-refractivity contribution in [2.45, 2.75) is 0 Å². The zero-order chi connectivity index (χ0) is 9.26. The molecule has 4 heteroatoms. The minimum absolute atomic E-state index is 0.392. The molecule has 1 aromatic heterocycles. The number of nitrogen functional groups attached to an aromatic ring is 1. The molecule has 0 bridgehead atoms. The minimum Gasteiger partial charge on any atom is -0.395 e. The topological polar surface area (TPSA) is 38.9 Å². The molecule has 13 heavy (non-hydrogen) atoms. The van der Waals surface area contributed by atoms with Crippen LogP contribution in [0.3, 0.4) is 0 Å². The number of nitrogens with zero attached hydrogens (tertiary/aromatic N) is 1. The Hall–Kier alpha value is -1.06. The third kappa shape index (κ3) is 1.53. The van der Waals surface area contributed by atoms with E-state index >= 15 is 0 Å². The molecule has 2 N–H and O–H groups in total. The fourth-order valence-corrected chi connectivity index (χ4v) is 2.04. The number of nitrogens with two attached hydrogens (primary N) is 1. The van der Waals surface area contributed by atoms with Gasteiger partial charge < -0.3 is 5.73 Å². The highest BCUT2D eigenvalue weighted by Crippen LogP contribution is 2.34. The molecule has 0 saturated carbocycles. The molecule has 0 aliphatic rings. The predicted molar refractivity (Wildman–Crippen MR) is 57.0 cm³/mol. The number of aromatic nitrogens is 1. The first-order chi connectivity index (χ1) is 6.29. The summed E-state index contributed by atoms with van der Waals surface area (Å²) in [6.45, 7) is 0. The fourth-order valence-electron chi connectivity index (χ4n) is 1.08. The van der Waals surface area contributed by atoms with E-state index in [0.717, 1.165) is 10.4 Å². The summed E-state index contributed by atoms with van der Waals surface area (Å²) in [5.41, 5.74) is 7.38. The van der Waals surface area contributed by atoms with Gasteiger partial charge in [0, 0.05) is 0 Å². The van der Waals surface area contributed by atoms with Crippen LogP contribution in [0.25, 0.3) is 10.4 Å². The summed E-state index contributed by atoms with van der Waals surface area (Å²) in [6.07, 6.45) is 0. The summed E-state index contributed by atoms with van der Waals surface area (Å²) >= 11 is 7.08. The third-order valence-corrected chi connectivity index (χ3v) is 3.02. The average Bonchev–Trinajstić information content (AvgIpc) is 2.49. The van der Waals surface area contributed by atoms with Gasteiger partial charge in [-0.3, -0.25) is 0 Å². The van der Waals surface area contributed by atoms with Crippen LogP contribution >= 0.6 is 23.1 Å². The molecule has 0 amide bonds. The van der Waals surface area contributed by atoms with Gasteiger partial charge in [0.1, 0.15) is 0 Å². The highest BCUT2D eigenvalue weighted by atomic mass is 35.5. The number of anilines is 1. The van der Waals surface area contributed by atoms with E-state index in [1.54, 1.807) is 0 Å². The van der Waals surface area contributed by atoms with Crippen LogP contribution in [-0.2, 0) is 0 Å². The molecule has 0 spiro atoms. The molecule has 2 aromatic rings. The van der Waals surface area contributed by atoms with Crippen LogP contribution in [0.5, 0.6) is 0 Å². The zero-order valence-corrected chi connectivity index (χ0v) is 8.27. The lowest BCUT2D eigenvalue weighted by atomic mass is 10.2. The monoisotopic (exact) mass is 210 g/mol. The normalized spacial score (nSPS) is 10.2. The highest BCUT2D eigenvalue weighted by molar-refractivity contribution is 7.10.